The van der Waals surface area contributed by atoms with Gasteiger partial charge in [0.05, 0.1) is 23.5 Å². The van der Waals surface area contributed by atoms with Crippen molar-refractivity contribution in [2.24, 2.45) is 0 Å². The van der Waals surface area contributed by atoms with Crippen LogP contribution < -0.4 is 16.0 Å². The highest BCUT2D eigenvalue weighted by molar-refractivity contribution is 6.13. The van der Waals surface area contributed by atoms with Crippen LogP contribution in [0.1, 0.15) is 0 Å². The number of nitrogens with zero attached hydrogens (tertiary/aromatic N) is 3. The van der Waals surface area contributed by atoms with E-state index in [1.54, 1.807) is 17.6 Å². The minimum atomic E-state index is -0.296. The Morgan fingerprint density at radius 1 is 1.04 bits per heavy atom. The van der Waals surface area contributed by atoms with Crippen molar-refractivity contribution in [2.75, 3.05) is 27.7 Å². The molecule has 0 bridgehead atoms. The van der Waals surface area contributed by atoms with Gasteiger partial charge < -0.3 is 9.64 Å². The zero-order valence-electron chi connectivity index (χ0n) is 14.9. The topological polar surface area (TPSA) is 56.0 Å². The fourth-order valence-corrected chi connectivity index (χ4v) is 3.40. The highest BCUT2D eigenvalue weighted by Gasteiger charge is 2.18. The van der Waals surface area contributed by atoms with Crippen molar-refractivity contribution in [3.8, 4) is 5.75 Å². The molecule has 0 radical (unpaired) electrons. The number of aromatic nitrogens is 2. The molecule has 0 aliphatic carbocycles. The summed E-state index contributed by atoms with van der Waals surface area (Å²) in [6, 6.07) is 11.2. The molecule has 0 amide bonds. The Kier molecular flexibility index (Phi) is 4.64. The maximum Gasteiger partial charge on any atom is 0.336 e. The maximum atomic E-state index is 13.1. The molecule has 0 aliphatic heterocycles. The Morgan fingerprint density at radius 2 is 1.77 bits per heavy atom. The van der Waals surface area contributed by atoms with Gasteiger partial charge in [-0.1, -0.05) is 12.1 Å². The van der Waals surface area contributed by atoms with E-state index in [1.807, 2.05) is 49.3 Å². The number of hydrogen-bond acceptors (Lipinski definition) is 4. The molecule has 0 saturated carbocycles. The average molecular weight is 374 g/mol. The molecule has 2 heterocycles. The van der Waals surface area contributed by atoms with Crippen LogP contribution in [0.25, 0.3) is 27.2 Å². The molecule has 0 atom stereocenters. The zero-order chi connectivity index (χ0) is 17.7. The first-order valence-corrected chi connectivity index (χ1v) is 8.15. The van der Waals surface area contributed by atoms with Crippen LogP contribution in [0.5, 0.6) is 5.75 Å². The Labute approximate surface area is 156 Å². The Hall–Kier alpha value is -2.57. The molecule has 2 aromatic carbocycles. The van der Waals surface area contributed by atoms with Gasteiger partial charge in [0.15, 0.2) is 0 Å². The number of benzene rings is 2. The summed E-state index contributed by atoms with van der Waals surface area (Å²) < 4.78 is 8.29. The van der Waals surface area contributed by atoms with E-state index in [4.69, 9.17) is 4.74 Å². The summed E-state index contributed by atoms with van der Waals surface area (Å²) in [4.78, 5) is 27.9. The van der Waals surface area contributed by atoms with E-state index in [9.17, 15) is 9.59 Å². The zero-order valence-corrected chi connectivity index (χ0v) is 15.7. The van der Waals surface area contributed by atoms with Crippen LogP contribution in [0.2, 0.25) is 0 Å². The molecule has 0 saturated heterocycles. The second-order valence-corrected chi connectivity index (χ2v) is 6.46. The van der Waals surface area contributed by atoms with Gasteiger partial charge in [-0.15, -0.1) is 12.4 Å². The van der Waals surface area contributed by atoms with Gasteiger partial charge >= 0.3 is 5.69 Å². The molecule has 4 aromatic rings. The predicted octanol–water partition coefficient (Wildman–Crippen LogP) is 2.20. The van der Waals surface area contributed by atoms with E-state index in [0.29, 0.717) is 24.0 Å². The molecule has 2 aromatic heterocycles. The van der Waals surface area contributed by atoms with Gasteiger partial charge in [0.25, 0.3) is 5.56 Å². The molecule has 0 fully saturated rings. The van der Waals surface area contributed by atoms with Crippen molar-refractivity contribution >= 4 is 39.6 Å². The molecule has 136 valence electrons. The molecule has 7 heteroatoms. The Bertz CT molecular complexity index is 1210. The lowest BCUT2D eigenvalue weighted by Gasteiger charge is -2.12. The van der Waals surface area contributed by atoms with Crippen LogP contribution >= 0.6 is 12.4 Å². The quantitative estimate of drug-likeness (QED) is 0.550. The summed E-state index contributed by atoms with van der Waals surface area (Å²) in [5.41, 5.74) is 0.938. The average Bonchev–Trinajstić information content (AvgIpc) is 2.94. The number of halogens is 1. The van der Waals surface area contributed by atoms with Crippen LogP contribution in [0.15, 0.2) is 46.0 Å². The fourth-order valence-electron chi connectivity index (χ4n) is 3.40. The third-order valence-electron chi connectivity index (χ3n) is 4.66. The van der Waals surface area contributed by atoms with Crippen LogP contribution in [-0.4, -0.2) is 41.6 Å². The highest BCUT2D eigenvalue weighted by Crippen LogP contribution is 2.31. The molecule has 6 nitrogen and oxygen atoms in total. The van der Waals surface area contributed by atoms with E-state index >= 15 is 0 Å². The van der Waals surface area contributed by atoms with Gasteiger partial charge in [-0.3, -0.25) is 13.8 Å². The molecule has 0 N–H and O–H groups in total. The number of likely N-dealkylation sites (N-methyl/N-ethyl adjacent to an activating group) is 1. The molecule has 0 unspecified atom stereocenters. The number of methoxy groups -OCH3 is 1. The number of fused-ring (bicyclic) bond motifs is 3. The third-order valence-corrected chi connectivity index (χ3v) is 4.66. The van der Waals surface area contributed by atoms with Gasteiger partial charge in [0, 0.05) is 23.9 Å². The Morgan fingerprint density at radius 3 is 2.46 bits per heavy atom. The summed E-state index contributed by atoms with van der Waals surface area (Å²) in [5, 5.41) is 2.36. The van der Waals surface area contributed by atoms with Crippen molar-refractivity contribution in [1.29, 1.82) is 0 Å². The highest BCUT2D eigenvalue weighted by atomic mass is 35.5. The molecule has 0 aliphatic rings. The van der Waals surface area contributed by atoms with E-state index in [2.05, 4.69) is 0 Å². The largest absolute Gasteiger partial charge is 0.497 e. The van der Waals surface area contributed by atoms with E-state index < -0.39 is 0 Å². The number of para-hydroxylation sites is 1. The number of rotatable bonds is 4. The van der Waals surface area contributed by atoms with Gasteiger partial charge in [0.1, 0.15) is 5.75 Å². The van der Waals surface area contributed by atoms with E-state index in [-0.39, 0.29) is 23.7 Å². The number of hydrogen-bond donors (Lipinski definition) is 0. The molecular weight excluding hydrogens is 354 g/mol. The molecule has 0 spiro atoms. The van der Waals surface area contributed by atoms with Crippen molar-refractivity contribution in [1.82, 2.24) is 13.9 Å². The van der Waals surface area contributed by atoms with Crippen molar-refractivity contribution in [2.45, 2.75) is 6.54 Å². The molecule has 4 rings (SSSR count). The summed E-state index contributed by atoms with van der Waals surface area (Å²) in [6.45, 7) is 0.978. The van der Waals surface area contributed by atoms with Crippen LogP contribution in [-0.2, 0) is 6.54 Å². The second-order valence-electron chi connectivity index (χ2n) is 6.46. The molecular formula is C19H20ClN3O3. The smallest absolute Gasteiger partial charge is 0.336 e. The summed E-state index contributed by atoms with van der Waals surface area (Å²) in [5.74, 6) is 0.722. The first kappa shape index (κ1) is 18.2. The first-order valence-electron chi connectivity index (χ1n) is 8.15. The van der Waals surface area contributed by atoms with Gasteiger partial charge in [-0.2, -0.15) is 0 Å². The van der Waals surface area contributed by atoms with Gasteiger partial charge in [-0.25, -0.2) is 4.79 Å². The minimum absolute atomic E-state index is 0. The van der Waals surface area contributed by atoms with Crippen LogP contribution in [0, 0.1) is 0 Å². The normalized spacial score (nSPS) is 11.5. The molecule has 26 heavy (non-hydrogen) atoms. The summed E-state index contributed by atoms with van der Waals surface area (Å²) in [7, 11) is 5.45. The first-order chi connectivity index (χ1) is 12.0. The lowest BCUT2D eigenvalue weighted by atomic mass is 10.1. The van der Waals surface area contributed by atoms with Gasteiger partial charge in [-0.05, 0) is 38.4 Å². The van der Waals surface area contributed by atoms with E-state index in [1.165, 1.54) is 4.57 Å². The third kappa shape index (κ3) is 2.53. The maximum absolute atomic E-state index is 13.1. The predicted molar refractivity (Wildman–Crippen MR) is 106 cm³/mol. The van der Waals surface area contributed by atoms with Crippen molar-refractivity contribution < 1.29 is 4.74 Å². The van der Waals surface area contributed by atoms with Crippen LogP contribution in [0.3, 0.4) is 0 Å². The monoisotopic (exact) mass is 373 g/mol. The lowest BCUT2D eigenvalue weighted by Crippen LogP contribution is -2.39. The Balaban J connectivity index is 0.00000196. The van der Waals surface area contributed by atoms with E-state index in [0.717, 1.165) is 22.0 Å². The standard InChI is InChI=1S/C19H19N3O3.ClH/c1-20(2)9-10-21-18(23)14-6-4-5-13-15-11-12(25-3)7-8-16(15)22(17(13)14)19(21)24;/h4-8,11H,9-10H2,1-3H3;1H. The van der Waals surface area contributed by atoms with Crippen molar-refractivity contribution in [3.63, 3.8) is 0 Å². The second kappa shape index (κ2) is 6.63. The summed E-state index contributed by atoms with van der Waals surface area (Å²) in [6.07, 6.45) is 0. The van der Waals surface area contributed by atoms with Crippen molar-refractivity contribution in [3.05, 3.63) is 57.2 Å². The van der Waals surface area contributed by atoms with Gasteiger partial charge in [0.2, 0.25) is 0 Å². The minimum Gasteiger partial charge on any atom is -0.497 e. The summed E-state index contributed by atoms with van der Waals surface area (Å²) >= 11 is 0. The van der Waals surface area contributed by atoms with Crippen LogP contribution in [0.4, 0.5) is 0 Å². The fraction of sp³-hybridized carbons (Fsp3) is 0.263. The lowest BCUT2D eigenvalue weighted by molar-refractivity contribution is 0.376. The SMILES string of the molecule is COc1ccc2c(c1)c1cccc3c(=O)n(CCN(C)C)c(=O)n2c31.Cl. The number of ether oxygens (including phenoxy) is 1.